The zero-order valence-electron chi connectivity index (χ0n) is 17.1. The van der Waals surface area contributed by atoms with Crippen LogP contribution in [0.3, 0.4) is 0 Å². The minimum atomic E-state index is -6.09. The van der Waals surface area contributed by atoms with Crippen LogP contribution in [0.15, 0.2) is 12.2 Å². The van der Waals surface area contributed by atoms with E-state index in [-0.39, 0.29) is 0 Å². The Morgan fingerprint density at radius 3 is 1.31 bits per heavy atom. The van der Waals surface area contributed by atoms with Crippen LogP contribution in [-0.4, -0.2) is 35.5 Å². The first-order chi connectivity index (χ1) is 13.6. The van der Waals surface area contributed by atoms with Crippen molar-refractivity contribution >= 4 is 18.0 Å². The van der Waals surface area contributed by atoms with Gasteiger partial charge in [-0.15, -0.1) is 0 Å². The predicted molar refractivity (Wildman–Crippen MR) is 109 cm³/mol. The van der Waals surface area contributed by atoms with E-state index in [2.05, 4.69) is 25.3 Å². The molecule has 0 N–H and O–H groups in total. The fourth-order valence-electron chi connectivity index (χ4n) is 4.58. The summed E-state index contributed by atoms with van der Waals surface area (Å²) >= 11 is 3.00. The number of hydrogen-bond donors (Lipinski definition) is 0. The molecule has 3 saturated carbocycles. The van der Waals surface area contributed by atoms with Crippen molar-refractivity contribution in [3.63, 3.8) is 0 Å². The van der Waals surface area contributed by atoms with Gasteiger partial charge in [-0.2, -0.15) is 13.2 Å². The van der Waals surface area contributed by atoms with Gasteiger partial charge in [0.2, 0.25) is 0 Å². The van der Waals surface area contributed by atoms with Gasteiger partial charge < -0.3 is 4.55 Å². The zero-order valence-corrected chi connectivity index (χ0v) is 20.4. The molecule has 0 saturated heterocycles. The smallest absolute Gasteiger partial charge is 0.485 e. The molecule has 0 spiro atoms. The SMILES string of the molecule is C/C=C/[CH2][Pd+].C1CCC(P(C2CCCC2)C2CCCC2)C1.O=S(=O)([O-])C(F)(F)F. The van der Waals surface area contributed by atoms with Crippen LogP contribution in [-0.2, 0) is 29.3 Å². The molecule has 3 fully saturated rings. The second kappa shape index (κ2) is 13.8. The second-order valence-electron chi connectivity index (χ2n) is 7.86. The van der Waals surface area contributed by atoms with Gasteiger partial charge in [0, 0.05) is 0 Å². The molecule has 29 heavy (non-hydrogen) atoms. The third kappa shape index (κ3) is 10.1. The van der Waals surface area contributed by atoms with E-state index in [1.165, 1.54) is 17.0 Å². The molecule has 0 aromatic heterocycles. The van der Waals surface area contributed by atoms with Crippen molar-refractivity contribution in [1.29, 1.82) is 0 Å². The summed E-state index contributed by atoms with van der Waals surface area (Å²) in [4.78, 5) is 1.01. The van der Waals surface area contributed by atoms with Gasteiger partial charge in [0.1, 0.15) is 0 Å². The van der Waals surface area contributed by atoms with E-state index in [1.807, 2.05) is 13.0 Å². The first kappa shape index (κ1) is 27.6. The van der Waals surface area contributed by atoms with Crippen LogP contribution in [0.1, 0.15) is 84.0 Å². The summed E-state index contributed by atoms with van der Waals surface area (Å²) in [5.74, 6) is 0. The first-order valence-electron chi connectivity index (χ1n) is 10.5. The molecular formula is C20H34F3O3PPdS. The molecule has 174 valence electrons. The van der Waals surface area contributed by atoms with Crippen molar-refractivity contribution in [3.05, 3.63) is 12.2 Å². The van der Waals surface area contributed by atoms with E-state index in [4.69, 9.17) is 13.0 Å². The van der Waals surface area contributed by atoms with Crippen molar-refractivity contribution in [2.24, 2.45) is 0 Å². The molecule has 9 heteroatoms. The molecule has 0 aromatic carbocycles. The van der Waals surface area contributed by atoms with Crippen LogP contribution in [0.2, 0.25) is 4.89 Å². The molecule has 3 aliphatic carbocycles. The van der Waals surface area contributed by atoms with Gasteiger partial charge in [0.15, 0.2) is 10.1 Å². The average Bonchev–Trinajstić information content (AvgIpc) is 3.40. The Bertz CT molecular complexity index is 528. The standard InChI is InChI=1S/C15H27P.C4H7.CHF3O3S.Pd/c1-2-8-13(7-1)16(14-9-3-4-10-14)15-11-5-6-12-15;1-3-4-2;2-1(3,4)8(5,6)7;/h13-15H,1-12H2;3-4H,1H2,2H3;(H,5,6,7);/q;;;+1/p-1/b;4-3+;;. The number of rotatable bonds is 4. The summed E-state index contributed by atoms with van der Waals surface area (Å²) in [7, 11) is -5.65. The van der Waals surface area contributed by atoms with Crippen LogP contribution in [0.25, 0.3) is 0 Å². The molecule has 0 aromatic rings. The van der Waals surface area contributed by atoms with Crippen molar-refractivity contribution in [2.45, 2.75) is 111 Å². The van der Waals surface area contributed by atoms with Crippen molar-refractivity contribution in [1.82, 2.24) is 0 Å². The molecule has 3 aliphatic rings. The maximum atomic E-state index is 10.7. The predicted octanol–water partition coefficient (Wildman–Crippen LogP) is 6.88. The normalized spacial score (nSPS) is 22.1. The third-order valence-corrected chi connectivity index (χ3v) is 10.8. The first-order valence-corrected chi connectivity index (χ1v) is 14.6. The molecule has 0 unspecified atom stereocenters. The second-order valence-corrected chi connectivity index (χ2v) is 13.0. The van der Waals surface area contributed by atoms with E-state index in [0.717, 1.165) is 4.89 Å². The molecular weight excluding hydrogens is 515 g/mol. The van der Waals surface area contributed by atoms with Crippen molar-refractivity contribution in [2.75, 3.05) is 0 Å². The summed E-state index contributed by atoms with van der Waals surface area (Å²) in [6.07, 6.45) is 23.1. The van der Waals surface area contributed by atoms with E-state index < -0.39 is 15.6 Å². The fourth-order valence-corrected chi connectivity index (χ4v) is 9.62. The Labute approximate surface area is 186 Å². The number of hydrogen-bond acceptors (Lipinski definition) is 3. The van der Waals surface area contributed by atoms with E-state index in [1.54, 1.807) is 77.0 Å². The summed E-state index contributed by atoms with van der Waals surface area (Å²) in [5, 5.41) is 0. The summed E-state index contributed by atoms with van der Waals surface area (Å²) in [6.45, 7) is 2.01. The van der Waals surface area contributed by atoms with Gasteiger partial charge in [-0.3, -0.25) is 0 Å². The maximum absolute atomic E-state index is 10.7. The fraction of sp³-hybridized carbons (Fsp3) is 0.900. The minimum absolute atomic E-state index is 0.436. The molecule has 0 radical (unpaired) electrons. The Kier molecular flexibility index (Phi) is 13.2. The summed E-state index contributed by atoms with van der Waals surface area (Å²) in [5.41, 5.74) is -2.02. The Morgan fingerprint density at radius 1 is 0.897 bits per heavy atom. The van der Waals surface area contributed by atoms with Crippen LogP contribution < -0.4 is 0 Å². The monoisotopic (exact) mass is 548 g/mol. The molecule has 0 amide bonds. The van der Waals surface area contributed by atoms with Crippen LogP contribution in [0.5, 0.6) is 0 Å². The average molecular weight is 549 g/mol. The van der Waals surface area contributed by atoms with Crippen LogP contribution >= 0.6 is 7.92 Å². The van der Waals surface area contributed by atoms with E-state index in [9.17, 15) is 13.2 Å². The number of allylic oxidation sites excluding steroid dienone is 2. The Balaban J connectivity index is 0.000000273. The quantitative estimate of drug-likeness (QED) is 0.127. The van der Waals surface area contributed by atoms with Crippen molar-refractivity contribution in [3.8, 4) is 0 Å². The van der Waals surface area contributed by atoms with Crippen LogP contribution in [0, 0.1) is 0 Å². The van der Waals surface area contributed by atoms with E-state index in [0.29, 0.717) is 7.92 Å². The van der Waals surface area contributed by atoms with Crippen LogP contribution in [0.4, 0.5) is 13.2 Å². The van der Waals surface area contributed by atoms with Gasteiger partial charge >= 0.3 is 48.7 Å². The maximum Gasteiger partial charge on any atom is 0.485 e. The molecule has 3 rings (SSSR count). The molecule has 0 aliphatic heterocycles. The zero-order chi connectivity index (χ0) is 21.9. The molecule has 0 bridgehead atoms. The van der Waals surface area contributed by atoms with E-state index >= 15 is 0 Å². The topological polar surface area (TPSA) is 57.2 Å². The molecule has 3 nitrogen and oxygen atoms in total. The minimum Gasteiger partial charge on any atom is -0.741 e. The number of halogens is 3. The molecule has 0 heterocycles. The van der Waals surface area contributed by atoms with Gasteiger partial charge in [0.25, 0.3) is 0 Å². The summed E-state index contributed by atoms with van der Waals surface area (Å²) < 4.78 is 58.9. The third-order valence-electron chi connectivity index (χ3n) is 5.83. The molecule has 0 atom stereocenters. The number of alkyl halides is 3. The largest absolute Gasteiger partial charge is 0.741 e. The van der Waals surface area contributed by atoms with Gasteiger partial charge in [0.05, 0.1) is 0 Å². The van der Waals surface area contributed by atoms with Gasteiger partial charge in [-0.25, -0.2) is 8.42 Å². The van der Waals surface area contributed by atoms with Crippen molar-refractivity contribution < 1.29 is 45.3 Å². The Morgan fingerprint density at radius 2 is 1.17 bits per heavy atom. The van der Waals surface area contributed by atoms with Gasteiger partial charge in [-0.05, 0) is 55.5 Å². The summed E-state index contributed by atoms with van der Waals surface area (Å²) in [6, 6.07) is 0. The Hall–Kier alpha value is 0.532. The van der Waals surface area contributed by atoms with Gasteiger partial charge in [-0.1, -0.05) is 46.4 Å².